The van der Waals surface area contributed by atoms with Crippen LogP contribution in [0.25, 0.3) is 0 Å². The van der Waals surface area contributed by atoms with Crippen molar-refractivity contribution >= 4 is 17.6 Å². The van der Waals surface area contributed by atoms with E-state index in [1.807, 2.05) is 0 Å². The standard InChI is InChI=1S/C20H17N3O4/c1-23(16-4-3-11-21-13-16)19(24)15-7-10-18(22-12-15)27-17-8-5-14(6-9-17)20(25)26-2/h3-13H,1-2H3. The van der Waals surface area contributed by atoms with Crippen LogP contribution < -0.4 is 9.64 Å². The Bertz CT molecular complexity index is 926. The fraction of sp³-hybridized carbons (Fsp3) is 0.100. The first-order chi connectivity index (χ1) is 13.1. The first-order valence-corrected chi connectivity index (χ1v) is 8.09. The van der Waals surface area contributed by atoms with E-state index < -0.39 is 5.97 Å². The van der Waals surface area contributed by atoms with Gasteiger partial charge in [0.15, 0.2) is 0 Å². The van der Waals surface area contributed by atoms with Gasteiger partial charge in [-0.2, -0.15) is 0 Å². The van der Waals surface area contributed by atoms with E-state index in [2.05, 4.69) is 14.7 Å². The molecule has 0 fully saturated rings. The van der Waals surface area contributed by atoms with Gasteiger partial charge in [-0.25, -0.2) is 9.78 Å². The Hall–Kier alpha value is -3.74. The molecule has 0 saturated heterocycles. The first kappa shape index (κ1) is 18.1. The van der Waals surface area contributed by atoms with Crippen molar-refractivity contribution < 1.29 is 19.1 Å². The molecule has 0 spiro atoms. The van der Waals surface area contributed by atoms with Gasteiger partial charge in [0.1, 0.15) is 5.75 Å². The minimum atomic E-state index is -0.416. The predicted molar refractivity (Wildman–Crippen MR) is 99.1 cm³/mol. The highest BCUT2D eigenvalue weighted by Gasteiger charge is 2.14. The maximum Gasteiger partial charge on any atom is 0.337 e. The molecule has 0 aliphatic heterocycles. The number of rotatable bonds is 5. The van der Waals surface area contributed by atoms with Crippen molar-refractivity contribution in [1.82, 2.24) is 9.97 Å². The number of benzene rings is 1. The summed E-state index contributed by atoms with van der Waals surface area (Å²) in [7, 11) is 3.00. The number of amides is 1. The summed E-state index contributed by atoms with van der Waals surface area (Å²) >= 11 is 0. The molecule has 0 bridgehead atoms. The zero-order valence-corrected chi connectivity index (χ0v) is 14.8. The number of hydrogen-bond acceptors (Lipinski definition) is 6. The second-order valence-electron chi connectivity index (χ2n) is 5.58. The van der Waals surface area contributed by atoms with Crippen LogP contribution in [0.3, 0.4) is 0 Å². The molecule has 3 aromatic rings. The van der Waals surface area contributed by atoms with E-state index in [-0.39, 0.29) is 5.91 Å². The number of ether oxygens (including phenoxy) is 2. The van der Waals surface area contributed by atoms with Crippen LogP contribution in [-0.2, 0) is 4.74 Å². The van der Waals surface area contributed by atoms with Gasteiger partial charge in [-0.05, 0) is 42.5 Å². The highest BCUT2D eigenvalue weighted by atomic mass is 16.5. The van der Waals surface area contributed by atoms with Crippen molar-refractivity contribution in [2.45, 2.75) is 0 Å². The summed E-state index contributed by atoms with van der Waals surface area (Å²) in [4.78, 5) is 33.6. The van der Waals surface area contributed by atoms with Crippen LogP contribution in [0.1, 0.15) is 20.7 Å². The summed E-state index contributed by atoms with van der Waals surface area (Å²) in [5.74, 6) is 0.230. The van der Waals surface area contributed by atoms with Crippen molar-refractivity contribution in [2.24, 2.45) is 0 Å². The molecule has 27 heavy (non-hydrogen) atoms. The Labute approximate surface area is 156 Å². The molecule has 2 heterocycles. The number of carbonyl (C=O) groups excluding carboxylic acids is 2. The Morgan fingerprint density at radius 2 is 1.70 bits per heavy atom. The van der Waals surface area contributed by atoms with Gasteiger partial charge in [0.2, 0.25) is 5.88 Å². The predicted octanol–water partition coefficient (Wildman–Crippen LogP) is 3.33. The number of hydrogen-bond donors (Lipinski definition) is 0. The summed E-state index contributed by atoms with van der Waals surface area (Å²) in [5.41, 5.74) is 1.54. The number of methoxy groups -OCH3 is 1. The minimum absolute atomic E-state index is 0.204. The van der Waals surface area contributed by atoms with E-state index in [1.165, 1.54) is 18.2 Å². The fourth-order valence-electron chi connectivity index (χ4n) is 2.33. The molecule has 0 radical (unpaired) electrons. The van der Waals surface area contributed by atoms with Crippen LogP contribution in [0.15, 0.2) is 67.1 Å². The number of carbonyl (C=O) groups is 2. The largest absolute Gasteiger partial charge is 0.465 e. The minimum Gasteiger partial charge on any atom is -0.465 e. The van der Waals surface area contributed by atoms with Crippen LogP contribution in [0, 0.1) is 0 Å². The SMILES string of the molecule is COC(=O)c1ccc(Oc2ccc(C(=O)N(C)c3cccnc3)cn2)cc1. The lowest BCUT2D eigenvalue weighted by molar-refractivity contribution is 0.0600. The van der Waals surface area contributed by atoms with Crippen LogP contribution >= 0.6 is 0 Å². The summed E-state index contributed by atoms with van der Waals surface area (Å²) in [6, 6.07) is 13.3. The topological polar surface area (TPSA) is 81.6 Å². The molecule has 7 nitrogen and oxygen atoms in total. The molecular weight excluding hydrogens is 346 g/mol. The van der Waals surface area contributed by atoms with Crippen LogP contribution in [0.5, 0.6) is 11.6 Å². The highest BCUT2D eigenvalue weighted by molar-refractivity contribution is 6.05. The lowest BCUT2D eigenvalue weighted by Gasteiger charge is -2.16. The molecule has 0 atom stereocenters. The van der Waals surface area contributed by atoms with Gasteiger partial charge in [-0.1, -0.05) is 0 Å². The molecule has 0 aliphatic carbocycles. The molecule has 0 saturated carbocycles. The van der Waals surface area contributed by atoms with Gasteiger partial charge in [0.05, 0.1) is 30.1 Å². The lowest BCUT2D eigenvalue weighted by atomic mass is 10.2. The lowest BCUT2D eigenvalue weighted by Crippen LogP contribution is -2.26. The number of nitrogens with zero attached hydrogens (tertiary/aromatic N) is 3. The Balaban J connectivity index is 1.68. The van der Waals surface area contributed by atoms with Crippen LogP contribution in [-0.4, -0.2) is 36.0 Å². The quantitative estimate of drug-likeness (QED) is 0.647. The molecule has 2 aromatic heterocycles. The molecular formula is C20H17N3O4. The summed E-state index contributed by atoms with van der Waals surface area (Å²) in [6.07, 6.45) is 4.71. The van der Waals surface area contributed by atoms with Gasteiger partial charge in [-0.15, -0.1) is 0 Å². The maximum atomic E-state index is 12.5. The smallest absolute Gasteiger partial charge is 0.337 e. The van der Waals surface area contributed by atoms with E-state index >= 15 is 0 Å². The summed E-state index contributed by atoms with van der Waals surface area (Å²) < 4.78 is 10.3. The van der Waals surface area contributed by atoms with E-state index in [0.717, 1.165) is 0 Å². The number of anilines is 1. The highest BCUT2D eigenvalue weighted by Crippen LogP contribution is 2.21. The zero-order valence-electron chi connectivity index (χ0n) is 14.8. The van der Waals surface area contributed by atoms with Crippen molar-refractivity contribution in [3.63, 3.8) is 0 Å². The monoisotopic (exact) mass is 363 g/mol. The number of esters is 1. The third-order valence-electron chi connectivity index (χ3n) is 3.82. The van der Waals surface area contributed by atoms with Crippen molar-refractivity contribution in [3.05, 3.63) is 78.2 Å². The van der Waals surface area contributed by atoms with E-state index in [1.54, 1.807) is 68.0 Å². The average Bonchev–Trinajstić information content (AvgIpc) is 2.74. The van der Waals surface area contributed by atoms with Crippen molar-refractivity contribution in [3.8, 4) is 11.6 Å². The molecule has 0 aliphatic rings. The average molecular weight is 363 g/mol. The van der Waals surface area contributed by atoms with Gasteiger partial charge in [-0.3, -0.25) is 9.78 Å². The number of aromatic nitrogens is 2. The molecule has 1 amide bonds. The van der Waals surface area contributed by atoms with Gasteiger partial charge in [0, 0.05) is 25.5 Å². The second kappa shape index (κ2) is 8.09. The Kier molecular flexibility index (Phi) is 5.41. The van der Waals surface area contributed by atoms with Crippen LogP contribution in [0.2, 0.25) is 0 Å². The van der Waals surface area contributed by atoms with Gasteiger partial charge < -0.3 is 14.4 Å². The van der Waals surface area contributed by atoms with Gasteiger partial charge >= 0.3 is 5.97 Å². The number of pyridine rings is 2. The molecule has 136 valence electrons. The Morgan fingerprint density at radius 3 is 2.30 bits per heavy atom. The maximum absolute atomic E-state index is 12.5. The molecule has 0 N–H and O–H groups in total. The third kappa shape index (κ3) is 4.27. The summed E-state index contributed by atoms with van der Waals surface area (Å²) in [5, 5.41) is 0. The van der Waals surface area contributed by atoms with Gasteiger partial charge in [0.25, 0.3) is 5.91 Å². The molecule has 7 heteroatoms. The van der Waals surface area contributed by atoms with Crippen LogP contribution in [0.4, 0.5) is 5.69 Å². The second-order valence-corrected chi connectivity index (χ2v) is 5.58. The van der Waals surface area contributed by atoms with E-state index in [4.69, 9.17) is 4.74 Å². The zero-order chi connectivity index (χ0) is 19.2. The molecule has 0 unspecified atom stereocenters. The first-order valence-electron chi connectivity index (χ1n) is 8.09. The fourth-order valence-corrected chi connectivity index (χ4v) is 2.33. The van der Waals surface area contributed by atoms with E-state index in [0.29, 0.717) is 28.4 Å². The molecule has 3 rings (SSSR count). The normalized spacial score (nSPS) is 10.1. The molecule has 1 aromatic carbocycles. The van der Waals surface area contributed by atoms with E-state index in [9.17, 15) is 9.59 Å². The van der Waals surface area contributed by atoms with Crippen molar-refractivity contribution in [1.29, 1.82) is 0 Å². The Morgan fingerprint density at radius 1 is 0.963 bits per heavy atom. The van der Waals surface area contributed by atoms with Crippen molar-refractivity contribution in [2.75, 3.05) is 19.1 Å². The summed E-state index contributed by atoms with van der Waals surface area (Å²) in [6.45, 7) is 0. The third-order valence-corrected chi connectivity index (χ3v) is 3.82.